The van der Waals surface area contributed by atoms with E-state index in [1.165, 1.54) is 27.6 Å². The molecule has 2 unspecified atom stereocenters. The van der Waals surface area contributed by atoms with E-state index in [0.29, 0.717) is 0 Å². The van der Waals surface area contributed by atoms with Gasteiger partial charge in [-0.1, -0.05) is 42.5 Å². The first-order valence-electron chi connectivity index (χ1n) is 7.56. The van der Waals surface area contributed by atoms with Gasteiger partial charge in [-0.3, -0.25) is 0 Å². The average molecular weight is 294 g/mol. The van der Waals surface area contributed by atoms with Crippen LogP contribution in [0.5, 0.6) is 0 Å². The maximum atomic E-state index is 11.0. The molecular formula is C19H18OS. The van der Waals surface area contributed by atoms with Gasteiger partial charge >= 0.3 is 0 Å². The molecule has 1 aliphatic rings. The van der Waals surface area contributed by atoms with E-state index in [2.05, 4.69) is 53.9 Å². The first-order valence-corrected chi connectivity index (χ1v) is 8.44. The summed E-state index contributed by atoms with van der Waals surface area (Å²) in [6.45, 7) is 0. The standard InChI is InChI=1S/C19H18OS/c20-19(17-12-21-18-11-4-3-9-15(17)18)16-10-5-7-13-6-1-2-8-14(13)16/h1-4,6,8-9,11-12,16,19-20H,5,7,10H2. The third-order valence-corrected chi connectivity index (χ3v) is 5.61. The van der Waals surface area contributed by atoms with Crippen molar-refractivity contribution in [2.75, 3.05) is 0 Å². The largest absolute Gasteiger partial charge is 0.388 e. The van der Waals surface area contributed by atoms with Crippen molar-refractivity contribution in [3.63, 3.8) is 0 Å². The zero-order valence-electron chi connectivity index (χ0n) is 11.8. The number of aryl methyl sites for hydroxylation is 1. The zero-order valence-corrected chi connectivity index (χ0v) is 12.6. The number of thiophene rings is 1. The van der Waals surface area contributed by atoms with Gasteiger partial charge < -0.3 is 5.11 Å². The molecule has 0 aliphatic heterocycles. The van der Waals surface area contributed by atoms with Gasteiger partial charge in [0.2, 0.25) is 0 Å². The van der Waals surface area contributed by atoms with Crippen molar-refractivity contribution in [2.24, 2.45) is 0 Å². The molecule has 2 atom stereocenters. The Kier molecular flexibility index (Phi) is 3.28. The smallest absolute Gasteiger partial charge is 0.0872 e. The molecule has 1 nitrogen and oxygen atoms in total. The van der Waals surface area contributed by atoms with E-state index in [9.17, 15) is 5.11 Å². The molecule has 21 heavy (non-hydrogen) atoms. The Labute approximate surface area is 128 Å². The summed E-state index contributed by atoms with van der Waals surface area (Å²) in [4.78, 5) is 0. The molecule has 1 aromatic heterocycles. The summed E-state index contributed by atoms with van der Waals surface area (Å²) in [5, 5.41) is 14.3. The fraction of sp³-hybridized carbons (Fsp3) is 0.263. The summed E-state index contributed by atoms with van der Waals surface area (Å²) in [7, 11) is 0. The van der Waals surface area contributed by atoms with Crippen LogP contribution in [0.4, 0.5) is 0 Å². The lowest BCUT2D eigenvalue weighted by molar-refractivity contribution is 0.138. The fourth-order valence-corrected chi connectivity index (χ4v) is 4.55. The lowest BCUT2D eigenvalue weighted by atomic mass is 9.78. The highest BCUT2D eigenvalue weighted by Gasteiger charge is 2.28. The van der Waals surface area contributed by atoms with Gasteiger partial charge in [0.05, 0.1) is 6.10 Å². The Morgan fingerprint density at radius 3 is 2.81 bits per heavy atom. The molecule has 0 amide bonds. The summed E-state index contributed by atoms with van der Waals surface area (Å²) in [5.74, 6) is 0.230. The van der Waals surface area contributed by atoms with Gasteiger partial charge in [0.1, 0.15) is 0 Å². The number of aliphatic hydroxyl groups excluding tert-OH is 1. The minimum absolute atomic E-state index is 0.230. The highest BCUT2D eigenvalue weighted by atomic mass is 32.1. The molecule has 2 aromatic carbocycles. The Morgan fingerprint density at radius 2 is 1.86 bits per heavy atom. The molecule has 0 fully saturated rings. The second-order valence-electron chi connectivity index (χ2n) is 5.83. The first kappa shape index (κ1) is 13.1. The molecule has 106 valence electrons. The van der Waals surface area contributed by atoms with E-state index in [0.717, 1.165) is 18.4 Å². The Morgan fingerprint density at radius 1 is 1.05 bits per heavy atom. The van der Waals surface area contributed by atoms with Crippen molar-refractivity contribution in [1.29, 1.82) is 0 Å². The fourth-order valence-electron chi connectivity index (χ4n) is 3.56. The maximum Gasteiger partial charge on any atom is 0.0872 e. The van der Waals surface area contributed by atoms with Crippen LogP contribution in [0.3, 0.4) is 0 Å². The summed E-state index contributed by atoms with van der Waals surface area (Å²) in [6.07, 6.45) is 2.98. The van der Waals surface area contributed by atoms with E-state index in [-0.39, 0.29) is 5.92 Å². The van der Waals surface area contributed by atoms with Crippen molar-refractivity contribution in [2.45, 2.75) is 31.3 Å². The highest BCUT2D eigenvalue weighted by Crippen LogP contribution is 2.43. The molecule has 1 N–H and O–H groups in total. The monoisotopic (exact) mass is 294 g/mol. The van der Waals surface area contributed by atoms with Gasteiger partial charge in [-0.05, 0) is 52.8 Å². The van der Waals surface area contributed by atoms with Crippen LogP contribution in [0.25, 0.3) is 10.1 Å². The normalized spacial score (nSPS) is 19.4. The highest BCUT2D eigenvalue weighted by molar-refractivity contribution is 7.17. The average Bonchev–Trinajstić information content (AvgIpc) is 2.98. The summed E-state index contributed by atoms with van der Waals surface area (Å²) in [5.41, 5.74) is 3.84. The van der Waals surface area contributed by atoms with Crippen LogP contribution in [0.2, 0.25) is 0 Å². The Bertz CT molecular complexity index is 774. The molecule has 1 aliphatic carbocycles. The number of fused-ring (bicyclic) bond motifs is 2. The van der Waals surface area contributed by atoms with Crippen LogP contribution in [-0.2, 0) is 6.42 Å². The van der Waals surface area contributed by atoms with Gasteiger partial charge in [-0.2, -0.15) is 0 Å². The van der Waals surface area contributed by atoms with E-state index in [1.54, 1.807) is 11.3 Å². The molecule has 0 saturated heterocycles. The molecule has 4 rings (SSSR count). The predicted molar refractivity (Wildman–Crippen MR) is 88.9 cm³/mol. The minimum Gasteiger partial charge on any atom is -0.388 e. The number of benzene rings is 2. The number of hydrogen-bond donors (Lipinski definition) is 1. The van der Waals surface area contributed by atoms with Crippen molar-refractivity contribution in [1.82, 2.24) is 0 Å². The van der Waals surface area contributed by atoms with E-state index < -0.39 is 6.10 Å². The third-order valence-electron chi connectivity index (χ3n) is 4.63. The predicted octanol–water partition coefficient (Wildman–Crippen LogP) is 5.05. The molecule has 0 bridgehead atoms. The minimum atomic E-state index is -0.400. The zero-order chi connectivity index (χ0) is 14.2. The SMILES string of the molecule is OC(c1csc2ccccc12)C1CCCc2ccccc21. The molecule has 2 heteroatoms. The van der Waals surface area contributed by atoms with Gasteiger partial charge in [0, 0.05) is 10.6 Å². The van der Waals surface area contributed by atoms with E-state index in [4.69, 9.17) is 0 Å². The van der Waals surface area contributed by atoms with Crippen molar-refractivity contribution in [3.8, 4) is 0 Å². The van der Waals surface area contributed by atoms with Crippen molar-refractivity contribution >= 4 is 21.4 Å². The summed E-state index contributed by atoms with van der Waals surface area (Å²) < 4.78 is 1.26. The van der Waals surface area contributed by atoms with Gasteiger partial charge in [0.25, 0.3) is 0 Å². The number of rotatable bonds is 2. The van der Waals surface area contributed by atoms with Crippen LogP contribution >= 0.6 is 11.3 Å². The quantitative estimate of drug-likeness (QED) is 0.701. The molecule has 1 heterocycles. The van der Waals surface area contributed by atoms with Crippen LogP contribution in [-0.4, -0.2) is 5.11 Å². The second kappa shape index (κ2) is 5.28. The van der Waals surface area contributed by atoms with Crippen molar-refractivity contribution < 1.29 is 5.11 Å². The lowest BCUT2D eigenvalue weighted by Gasteiger charge is -2.29. The number of aliphatic hydroxyl groups is 1. The molecular weight excluding hydrogens is 276 g/mol. The van der Waals surface area contributed by atoms with Gasteiger partial charge in [0.15, 0.2) is 0 Å². The van der Waals surface area contributed by atoms with Crippen LogP contribution in [0, 0.1) is 0 Å². The second-order valence-corrected chi connectivity index (χ2v) is 6.74. The molecule has 0 spiro atoms. The van der Waals surface area contributed by atoms with Crippen molar-refractivity contribution in [3.05, 3.63) is 70.6 Å². The topological polar surface area (TPSA) is 20.2 Å². The molecule has 3 aromatic rings. The molecule has 0 saturated carbocycles. The van der Waals surface area contributed by atoms with Crippen LogP contribution in [0.1, 0.15) is 41.6 Å². The third kappa shape index (κ3) is 2.19. The van der Waals surface area contributed by atoms with Gasteiger partial charge in [-0.25, -0.2) is 0 Å². The maximum absolute atomic E-state index is 11.0. The Balaban J connectivity index is 1.77. The summed E-state index contributed by atoms with van der Waals surface area (Å²) in [6, 6.07) is 17.0. The number of hydrogen-bond acceptors (Lipinski definition) is 2. The van der Waals surface area contributed by atoms with Crippen LogP contribution < -0.4 is 0 Å². The van der Waals surface area contributed by atoms with Gasteiger partial charge in [-0.15, -0.1) is 11.3 Å². The van der Waals surface area contributed by atoms with Crippen LogP contribution in [0.15, 0.2) is 53.9 Å². The summed E-state index contributed by atoms with van der Waals surface area (Å²) >= 11 is 1.73. The first-order chi connectivity index (χ1) is 10.3. The van der Waals surface area contributed by atoms with E-state index >= 15 is 0 Å². The lowest BCUT2D eigenvalue weighted by Crippen LogP contribution is -2.16. The van der Waals surface area contributed by atoms with E-state index in [1.807, 2.05) is 0 Å². The molecule has 0 radical (unpaired) electrons. The Hall–Kier alpha value is -1.64.